The molecule has 94 valence electrons. The second-order valence-corrected chi connectivity index (χ2v) is 4.14. The first-order chi connectivity index (χ1) is 8.17. The maximum Gasteiger partial charge on any atom is 0.165 e. The lowest BCUT2D eigenvalue weighted by molar-refractivity contribution is -0.118. The number of unbranched alkanes of at least 4 members (excludes halogenated alkanes) is 2. The molecule has 0 radical (unpaired) electrons. The number of methoxy groups -OCH3 is 1. The standard InChI is InChI=1S/C14H19FO2/c1-3-4-5-6-12(16)9-11-7-8-14(17-2)13(15)10-11/h7-8,10H,3-6,9H2,1-2H3. The first kappa shape index (κ1) is 13.7. The largest absolute Gasteiger partial charge is 0.494 e. The SMILES string of the molecule is CCCCCC(=O)Cc1ccc(OC)c(F)c1. The molecule has 17 heavy (non-hydrogen) atoms. The van der Waals surface area contributed by atoms with Gasteiger partial charge in [0.25, 0.3) is 0 Å². The normalized spacial score (nSPS) is 10.3. The molecular weight excluding hydrogens is 219 g/mol. The quantitative estimate of drug-likeness (QED) is 0.679. The average molecular weight is 238 g/mol. The number of carbonyl (C=O) groups is 1. The van der Waals surface area contributed by atoms with Crippen LogP contribution in [0, 0.1) is 5.82 Å². The molecule has 3 heteroatoms. The average Bonchev–Trinajstić information content (AvgIpc) is 2.29. The number of carbonyl (C=O) groups excluding carboxylic acids is 1. The van der Waals surface area contributed by atoms with Gasteiger partial charge in [-0.1, -0.05) is 25.8 Å². The third-order valence-electron chi connectivity index (χ3n) is 2.68. The van der Waals surface area contributed by atoms with Crippen molar-refractivity contribution in [3.63, 3.8) is 0 Å². The first-order valence-corrected chi connectivity index (χ1v) is 6.01. The Morgan fingerprint density at radius 1 is 1.35 bits per heavy atom. The fraction of sp³-hybridized carbons (Fsp3) is 0.500. The second kappa shape index (κ2) is 7.05. The second-order valence-electron chi connectivity index (χ2n) is 4.14. The van der Waals surface area contributed by atoms with E-state index in [1.54, 1.807) is 12.1 Å². The molecule has 1 aromatic carbocycles. The summed E-state index contributed by atoms with van der Waals surface area (Å²) in [6, 6.07) is 4.67. The highest BCUT2D eigenvalue weighted by Gasteiger charge is 2.07. The lowest BCUT2D eigenvalue weighted by Gasteiger charge is -2.04. The number of hydrogen-bond acceptors (Lipinski definition) is 2. The zero-order chi connectivity index (χ0) is 12.7. The topological polar surface area (TPSA) is 26.3 Å². The van der Waals surface area contributed by atoms with E-state index in [0.29, 0.717) is 18.4 Å². The van der Waals surface area contributed by atoms with Crippen LogP contribution in [-0.4, -0.2) is 12.9 Å². The maximum atomic E-state index is 13.4. The molecule has 0 atom stereocenters. The molecule has 0 aliphatic carbocycles. The summed E-state index contributed by atoms with van der Waals surface area (Å²) < 4.78 is 18.2. The van der Waals surface area contributed by atoms with Gasteiger partial charge in [-0.3, -0.25) is 4.79 Å². The summed E-state index contributed by atoms with van der Waals surface area (Å²) in [5, 5.41) is 0. The highest BCUT2D eigenvalue weighted by molar-refractivity contribution is 5.80. The van der Waals surface area contributed by atoms with Gasteiger partial charge in [-0.25, -0.2) is 4.39 Å². The number of rotatable bonds is 7. The Balaban J connectivity index is 2.51. The van der Waals surface area contributed by atoms with Crippen molar-refractivity contribution < 1.29 is 13.9 Å². The van der Waals surface area contributed by atoms with Crippen molar-refractivity contribution in [1.82, 2.24) is 0 Å². The molecule has 0 saturated carbocycles. The number of Topliss-reactive ketones (excluding diaryl/α,β-unsaturated/α-hetero) is 1. The Morgan fingerprint density at radius 2 is 2.12 bits per heavy atom. The zero-order valence-corrected chi connectivity index (χ0v) is 10.5. The highest BCUT2D eigenvalue weighted by Crippen LogP contribution is 2.18. The molecule has 1 aromatic rings. The Morgan fingerprint density at radius 3 is 2.71 bits per heavy atom. The number of halogens is 1. The van der Waals surface area contributed by atoms with Gasteiger partial charge in [-0.15, -0.1) is 0 Å². The number of hydrogen-bond donors (Lipinski definition) is 0. The Hall–Kier alpha value is -1.38. The van der Waals surface area contributed by atoms with Gasteiger partial charge in [-0.05, 0) is 24.1 Å². The maximum absolute atomic E-state index is 13.4. The molecule has 0 fully saturated rings. The van der Waals surface area contributed by atoms with E-state index in [9.17, 15) is 9.18 Å². The van der Waals surface area contributed by atoms with Crippen molar-refractivity contribution in [3.05, 3.63) is 29.6 Å². The molecule has 0 aromatic heterocycles. The molecular formula is C14H19FO2. The molecule has 0 bridgehead atoms. The van der Waals surface area contributed by atoms with Gasteiger partial charge in [0.2, 0.25) is 0 Å². The molecule has 0 saturated heterocycles. The van der Waals surface area contributed by atoms with Gasteiger partial charge in [0.1, 0.15) is 5.78 Å². The van der Waals surface area contributed by atoms with Crippen LogP contribution >= 0.6 is 0 Å². The summed E-state index contributed by atoms with van der Waals surface area (Å²) in [4.78, 5) is 11.6. The Bertz CT molecular complexity index is 374. The van der Waals surface area contributed by atoms with Crippen molar-refractivity contribution in [1.29, 1.82) is 0 Å². The van der Waals surface area contributed by atoms with E-state index in [0.717, 1.165) is 19.3 Å². The molecule has 0 unspecified atom stereocenters. The van der Waals surface area contributed by atoms with Gasteiger partial charge >= 0.3 is 0 Å². The van der Waals surface area contributed by atoms with Gasteiger partial charge in [0.15, 0.2) is 11.6 Å². The minimum Gasteiger partial charge on any atom is -0.494 e. The summed E-state index contributed by atoms with van der Waals surface area (Å²) >= 11 is 0. The van der Waals surface area contributed by atoms with Gasteiger partial charge < -0.3 is 4.74 Å². The summed E-state index contributed by atoms with van der Waals surface area (Å²) in [5.74, 6) is -0.0263. The predicted molar refractivity (Wildman–Crippen MR) is 65.8 cm³/mol. The molecule has 0 spiro atoms. The fourth-order valence-electron chi connectivity index (χ4n) is 1.71. The van der Waals surface area contributed by atoms with Crippen molar-refractivity contribution >= 4 is 5.78 Å². The van der Waals surface area contributed by atoms with Crippen LogP contribution in [0.15, 0.2) is 18.2 Å². The summed E-state index contributed by atoms with van der Waals surface area (Å²) in [5.41, 5.74) is 0.713. The molecule has 0 aliphatic rings. The molecule has 0 heterocycles. The minimum absolute atomic E-state index is 0.169. The number of ketones is 1. The van der Waals surface area contributed by atoms with Gasteiger partial charge in [-0.2, -0.15) is 0 Å². The van der Waals surface area contributed by atoms with Crippen molar-refractivity contribution in [2.45, 2.75) is 39.0 Å². The predicted octanol–water partition coefficient (Wildman–Crippen LogP) is 3.53. The van der Waals surface area contributed by atoms with Gasteiger partial charge in [0, 0.05) is 12.8 Å². The van der Waals surface area contributed by atoms with Crippen LogP contribution in [0.25, 0.3) is 0 Å². The van der Waals surface area contributed by atoms with E-state index in [2.05, 4.69) is 6.92 Å². The summed E-state index contributed by atoms with van der Waals surface area (Å²) in [7, 11) is 1.42. The number of ether oxygens (including phenoxy) is 1. The first-order valence-electron chi connectivity index (χ1n) is 6.01. The lowest BCUT2D eigenvalue weighted by atomic mass is 10.0. The fourth-order valence-corrected chi connectivity index (χ4v) is 1.71. The molecule has 1 rings (SSSR count). The van der Waals surface area contributed by atoms with Gasteiger partial charge in [0.05, 0.1) is 7.11 Å². The van der Waals surface area contributed by atoms with Crippen molar-refractivity contribution in [3.8, 4) is 5.75 Å². The van der Waals surface area contributed by atoms with E-state index in [4.69, 9.17) is 4.74 Å². The minimum atomic E-state index is -0.411. The van der Waals surface area contributed by atoms with Crippen LogP contribution in [0.3, 0.4) is 0 Å². The third kappa shape index (κ3) is 4.55. The van der Waals surface area contributed by atoms with Crippen LogP contribution < -0.4 is 4.74 Å². The zero-order valence-electron chi connectivity index (χ0n) is 10.5. The smallest absolute Gasteiger partial charge is 0.165 e. The monoisotopic (exact) mass is 238 g/mol. The Kier molecular flexibility index (Phi) is 5.67. The van der Waals surface area contributed by atoms with E-state index in [1.807, 2.05) is 0 Å². The van der Waals surface area contributed by atoms with Crippen LogP contribution in [0.5, 0.6) is 5.75 Å². The van der Waals surface area contributed by atoms with Crippen LogP contribution in [0.1, 0.15) is 38.2 Å². The van der Waals surface area contributed by atoms with Crippen molar-refractivity contribution in [2.24, 2.45) is 0 Å². The summed E-state index contributed by atoms with van der Waals surface area (Å²) in [6.07, 6.45) is 3.99. The van der Waals surface area contributed by atoms with Crippen molar-refractivity contribution in [2.75, 3.05) is 7.11 Å². The van der Waals surface area contributed by atoms with Crippen LogP contribution in [-0.2, 0) is 11.2 Å². The molecule has 0 amide bonds. The van der Waals surface area contributed by atoms with E-state index in [-0.39, 0.29) is 11.5 Å². The molecule has 0 aliphatic heterocycles. The lowest BCUT2D eigenvalue weighted by Crippen LogP contribution is -2.03. The summed E-state index contributed by atoms with van der Waals surface area (Å²) in [6.45, 7) is 2.10. The molecule has 2 nitrogen and oxygen atoms in total. The van der Waals surface area contributed by atoms with E-state index in [1.165, 1.54) is 13.2 Å². The number of benzene rings is 1. The van der Waals surface area contributed by atoms with E-state index < -0.39 is 5.82 Å². The van der Waals surface area contributed by atoms with Crippen LogP contribution in [0.2, 0.25) is 0 Å². The third-order valence-corrected chi connectivity index (χ3v) is 2.68. The van der Waals surface area contributed by atoms with Crippen LogP contribution in [0.4, 0.5) is 4.39 Å². The Labute approximate surface area is 102 Å². The van der Waals surface area contributed by atoms with E-state index >= 15 is 0 Å². The molecule has 0 N–H and O–H groups in total. The highest BCUT2D eigenvalue weighted by atomic mass is 19.1.